The number of hydrogen-bond donors (Lipinski definition) is 2. The summed E-state index contributed by atoms with van der Waals surface area (Å²) in [5.41, 5.74) is 5.24. The Kier molecular flexibility index (Phi) is 4.28. The Labute approximate surface area is 115 Å². The summed E-state index contributed by atoms with van der Waals surface area (Å²) in [7, 11) is 1.98. The van der Waals surface area contributed by atoms with Crippen LogP contribution in [-0.2, 0) is 18.2 Å². The van der Waals surface area contributed by atoms with E-state index in [1.807, 2.05) is 18.7 Å². The van der Waals surface area contributed by atoms with Crippen LogP contribution in [0.1, 0.15) is 32.2 Å². The van der Waals surface area contributed by atoms with E-state index in [2.05, 4.69) is 37.4 Å². The third-order valence-corrected chi connectivity index (χ3v) is 4.53. The summed E-state index contributed by atoms with van der Waals surface area (Å²) in [5, 5.41) is 4.39. The van der Waals surface area contributed by atoms with Gasteiger partial charge in [-0.2, -0.15) is 5.10 Å². The van der Waals surface area contributed by atoms with Crippen LogP contribution >= 0.6 is 0 Å². The average Bonchev–Trinajstić information content (AvgIpc) is 2.77. The summed E-state index contributed by atoms with van der Waals surface area (Å²) in [4.78, 5) is 0. The van der Waals surface area contributed by atoms with Gasteiger partial charge in [0, 0.05) is 31.1 Å². The first-order valence-corrected chi connectivity index (χ1v) is 7.05. The van der Waals surface area contributed by atoms with Gasteiger partial charge in [0.1, 0.15) is 0 Å². The van der Waals surface area contributed by atoms with Crippen molar-refractivity contribution in [2.24, 2.45) is 24.7 Å². The molecule has 1 aromatic rings. The third-order valence-electron chi connectivity index (χ3n) is 4.53. The molecule has 1 aliphatic heterocycles. The quantitative estimate of drug-likeness (QED) is 0.634. The highest BCUT2D eigenvalue weighted by molar-refractivity contribution is 5.11. The molecule has 2 rings (SSSR count). The van der Waals surface area contributed by atoms with Gasteiger partial charge in [-0.1, -0.05) is 6.92 Å². The summed E-state index contributed by atoms with van der Waals surface area (Å²) in [6.45, 7) is 8.55. The predicted octanol–water partition coefficient (Wildman–Crippen LogP) is 1.16. The van der Waals surface area contributed by atoms with Crippen LogP contribution in [0.25, 0.3) is 0 Å². The Morgan fingerprint density at radius 1 is 1.42 bits per heavy atom. The lowest BCUT2D eigenvalue weighted by atomic mass is 9.82. The zero-order valence-corrected chi connectivity index (χ0v) is 12.6. The van der Waals surface area contributed by atoms with Crippen LogP contribution in [0.3, 0.4) is 0 Å². The van der Waals surface area contributed by atoms with Gasteiger partial charge < -0.3 is 4.74 Å². The smallest absolute Gasteiger partial charge is 0.0597 e. The van der Waals surface area contributed by atoms with Crippen molar-refractivity contribution in [3.63, 3.8) is 0 Å². The number of rotatable bonds is 4. The molecule has 5 unspecified atom stereocenters. The van der Waals surface area contributed by atoms with Crippen molar-refractivity contribution >= 4 is 0 Å². The Balaban J connectivity index is 2.14. The molecule has 0 aliphatic carbocycles. The molecule has 1 saturated heterocycles. The topological polar surface area (TPSA) is 65.1 Å². The van der Waals surface area contributed by atoms with Crippen molar-refractivity contribution in [1.29, 1.82) is 0 Å². The van der Waals surface area contributed by atoms with Gasteiger partial charge >= 0.3 is 0 Å². The van der Waals surface area contributed by atoms with E-state index in [9.17, 15) is 0 Å². The molecule has 0 radical (unpaired) electrons. The summed E-state index contributed by atoms with van der Waals surface area (Å²) in [6, 6.07) is 2.34. The molecule has 2 heterocycles. The maximum absolute atomic E-state index is 5.92. The number of aromatic nitrogens is 2. The minimum atomic E-state index is 0.213. The molecule has 1 aliphatic rings. The monoisotopic (exact) mass is 266 g/mol. The second kappa shape index (κ2) is 5.61. The lowest BCUT2D eigenvalue weighted by molar-refractivity contribution is 0.0475. The van der Waals surface area contributed by atoms with Crippen molar-refractivity contribution in [3.05, 3.63) is 17.5 Å². The molecule has 19 heavy (non-hydrogen) atoms. The average molecular weight is 266 g/mol. The maximum atomic E-state index is 5.92. The molecule has 0 bridgehead atoms. The normalized spacial score (nSPS) is 32.7. The molecular formula is C14H26N4O. The van der Waals surface area contributed by atoms with E-state index in [0.29, 0.717) is 17.9 Å². The summed E-state index contributed by atoms with van der Waals surface area (Å²) >= 11 is 0. The van der Waals surface area contributed by atoms with Crippen molar-refractivity contribution in [2.45, 2.75) is 52.4 Å². The number of hydrogen-bond acceptors (Lipinski definition) is 4. The SMILES string of the molecule is Cc1cc(CC(NN)C2C(C)OC(C)C2C)n(C)n1. The highest BCUT2D eigenvalue weighted by Crippen LogP contribution is 2.35. The molecular weight excluding hydrogens is 240 g/mol. The number of aryl methyl sites for hydroxylation is 2. The molecule has 108 valence electrons. The van der Waals surface area contributed by atoms with E-state index in [1.165, 1.54) is 5.69 Å². The molecule has 0 spiro atoms. The molecule has 3 N–H and O–H groups in total. The van der Waals surface area contributed by atoms with Crippen molar-refractivity contribution in [3.8, 4) is 0 Å². The zero-order chi connectivity index (χ0) is 14.2. The molecule has 5 nitrogen and oxygen atoms in total. The largest absolute Gasteiger partial charge is 0.375 e. The first-order chi connectivity index (χ1) is 8.93. The van der Waals surface area contributed by atoms with Gasteiger partial charge in [-0.15, -0.1) is 0 Å². The minimum absolute atomic E-state index is 0.213. The highest BCUT2D eigenvalue weighted by Gasteiger charge is 2.41. The number of ether oxygens (including phenoxy) is 1. The van der Waals surface area contributed by atoms with Gasteiger partial charge in [0.15, 0.2) is 0 Å². The predicted molar refractivity (Wildman–Crippen MR) is 75.4 cm³/mol. The van der Waals surface area contributed by atoms with E-state index in [-0.39, 0.29) is 12.1 Å². The summed E-state index contributed by atoms with van der Waals surface area (Å²) < 4.78 is 7.86. The van der Waals surface area contributed by atoms with E-state index in [0.717, 1.165) is 12.1 Å². The van der Waals surface area contributed by atoms with Crippen LogP contribution in [0.4, 0.5) is 0 Å². The second-order valence-corrected chi connectivity index (χ2v) is 5.86. The van der Waals surface area contributed by atoms with Gasteiger partial charge in [-0.3, -0.25) is 16.0 Å². The number of nitrogens with one attached hydrogen (secondary N) is 1. The fourth-order valence-electron chi connectivity index (χ4n) is 3.37. The van der Waals surface area contributed by atoms with Crippen LogP contribution in [0.2, 0.25) is 0 Å². The Bertz CT molecular complexity index is 431. The molecule has 5 heteroatoms. The number of nitrogens with zero attached hydrogens (tertiary/aromatic N) is 2. The molecule has 1 aromatic heterocycles. The van der Waals surface area contributed by atoms with Crippen LogP contribution < -0.4 is 11.3 Å². The van der Waals surface area contributed by atoms with E-state index < -0.39 is 0 Å². The fraction of sp³-hybridized carbons (Fsp3) is 0.786. The second-order valence-electron chi connectivity index (χ2n) is 5.86. The van der Waals surface area contributed by atoms with E-state index in [4.69, 9.17) is 10.6 Å². The molecule has 5 atom stereocenters. The summed E-state index contributed by atoms with van der Waals surface area (Å²) in [5.74, 6) is 6.72. The Morgan fingerprint density at radius 3 is 2.53 bits per heavy atom. The van der Waals surface area contributed by atoms with Gasteiger partial charge in [-0.05, 0) is 32.8 Å². The molecule has 1 fully saturated rings. The van der Waals surface area contributed by atoms with Crippen molar-refractivity contribution in [1.82, 2.24) is 15.2 Å². The van der Waals surface area contributed by atoms with Crippen molar-refractivity contribution < 1.29 is 4.74 Å². The minimum Gasteiger partial charge on any atom is -0.375 e. The lowest BCUT2D eigenvalue weighted by Crippen LogP contribution is -2.47. The molecule has 0 aromatic carbocycles. The van der Waals surface area contributed by atoms with Crippen LogP contribution in [-0.4, -0.2) is 28.0 Å². The van der Waals surface area contributed by atoms with E-state index >= 15 is 0 Å². The number of nitrogens with two attached hydrogens (primary N) is 1. The summed E-state index contributed by atoms with van der Waals surface area (Å²) in [6.07, 6.45) is 1.41. The van der Waals surface area contributed by atoms with Gasteiger partial charge in [0.25, 0.3) is 0 Å². The lowest BCUT2D eigenvalue weighted by Gasteiger charge is -2.28. The molecule has 0 amide bonds. The fourth-order valence-corrected chi connectivity index (χ4v) is 3.37. The Morgan fingerprint density at radius 2 is 2.11 bits per heavy atom. The van der Waals surface area contributed by atoms with Crippen LogP contribution in [0.15, 0.2) is 6.07 Å². The standard InChI is InChI=1S/C14H26N4O/c1-8-6-12(18(5)17-8)7-13(16-15)14-9(2)10(3)19-11(14)4/h6,9-11,13-14,16H,7,15H2,1-5H3. The van der Waals surface area contributed by atoms with Gasteiger partial charge in [0.05, 0.1) is 17.9 Å². The van der Waals surface area contributed by atoms with Crippen LogP contribution in [0, 0.1) is 18.8 Å². The first-order valence-electron chi connectivity index (χ1n) is 7.05. The first kappa shape index (κ1) is 14.5. The van der Waals surface area contributed by atoms with E-state index in [1.54, 1.807) is 0 Å². The van der Waals surface area contributed by atoms with Crippen molar-refractivity contribution in [2.75, 3.05) is 0 Å². The highest BCUT2D eigenvalue weighted by atomic mass is 16.5. The third kappa shape index (κ3) is 2.83. The van der Waals surface area contributed by atoms with Gasteiger partial charge in [-0.25, -0.2) is 0 Å². The molecule has 0 saturated carbocycles. The zero-order valence-electron chi connectivity index (χ0n) is 12.6. The maximum Gasteiger partial charge on any atom is 0.0597 e. The van der Waals surface area contributed by atoms with Crippen LogP contribution in [0.5, 0.6) is 0 Å². The number of hydrazine groups is 1. The van der Waals surface area contributed by atoms with Gasteiger partial charge in [0.2, 0.25) is 0 Å². The Hall–Kier alpha value is -0.910.